The zero-order valence-electron chi connectivity index (χ0n) is 19.4. The van der Waals surface area contributed by atoms with Gasteiger partial charge in [0, 0.05) is 29.8 Å². The molecule has 178 valence electrons. The van der Waals surface area contributed by atoms with Crippen LogP contribution in [0, 0.1) is 12.1 Å². The van der Waals surface area contributed by atoms with Crippen LogP contribution < -0.4 is 5.32 Å². The first kappa shape index (κ1) is 22.1. The number of rotatable bonds is 5. The average molecular weight is 498 g/mol. The summed E-state index contributed by atoms with van der Waals surface area (Å²) in [6.07, 6.45) is 5.47. The number of aryl methyl sites for hydroxylation is 1. The lowest BCUT2D eigenvalue weighted by atomic mass is 10.0. The molecule has 5 heterocycles. The molecule has 0 atom stereocenters. The van der Waals surface area contributed by atoms with E-state index in [1.54, 1.807) is 31.6 Å². The van der Waals surface area contributed by atoms with Crippen molar-refractivity contribution in [2.24, 2.45) is 0 Å². The quantitative estimate of drug-likeness (QED) is 0.267. The molecular weight excluding hydrogens is 477 g/mol. The van der Waals surface area contributed by atoms with E-state index in [1.165, 1.54) is 6.07 Å². The molecule has 0 aliphatic heterocycles. The van der Waals surface area contributed by atoms with Gasteiger partial charge in [-0.05, 0) is 54.4 Å². The average Bonchev–Trinajstić information content (AvgIpc) is 3.61. The van der Waals surface area contributed by atoms with Crippen LogP contribution >= 0.6 is 11.3 Å². The van der Waals surface area contributed by atoms with Crippen LogP contribution in [0.1, 0.15) is 18.9 Å². The Hall–Kier alpha value is -4.44. The minimum atomic E-state index is -0.269. The van der Waals surface area contributed by atoms with E-state index in [0.29, 0.717) is 34.0 Å². The molecule has 0 saturated carbocycles. The summed E-state index contributed by atoms with van der Waals surface area (Å²) < 4.78 is 13.7. The van der Waals surface area contributed by atoms with Gasteiger partial charge in [0.2, 0.25) is 5.91 Å². The Morgan fingerprint density at radius 1 is 1.11 bits per heavy atom. The number of nitrogens with zero attached hydrogens (tertiary/aromatic N) is 4. The molecule has 0 aliphatic carbocycles. The SMILES string of the molecule is CCC(=O)Nc1cncc(-c2cc(C)c3n[nH]c(-c4nc5c(-c6ccc(F)s6)nccc5[nH]4)c3c2)c1. The van der Waals surface area contributed by atoms with Crippen molar-refractivity contribution < 1.29 is 9.18 Å². The van der Waals surface area contributed by atoms with Crippen molar-refractivity contribution in [1.29, 1.82) is 0 Å². The number of pyridine rings is 2. The largest absolute Gasteiger partial charge is 0.337 e. The normalized spacial score (nSPS) is 11.4. The van der Waals surface area contributed by atoms with Crippen LogP contribution in [0.4, 0.5) is 10.1 Å². The first-order chi connectivity index (χ1) is 17.5. The summed E-state index contributed by atoms with van der Waals surface area (Å²) in [5.41, 5.74) is 7.09. The van der Waals surface area contributed by atoms with Gasteiger partial charge < -0.3 is 10.3 Å². The van der Waals surface area contributed by atoms with Crippen LogP contribution in [0.15, 0.2) is 55.0 Å². The van der Waals surface area contributed by atoms with Crippen molar-refractivity contribution >= 4 is 44.9 Å². The van der Waals surface area contributed by atoms with Crippen LogP contribution in [0.2, 0.25) is 0 Å². The predicted octanol–water partition coefficient (Wildman–Crippen LogP) is 6.09. The minimum Gasteiger partial charge on any atom is -0.337 e. The molecule has 10 heteroatoms. The first-order valence-corrected chi connectivity index (χ1v) is 12.2. The third-order valence-corrected chi connectivity index (χ3v) is 6.85. The Bertz CT molecular complexity index is 1770. The Balaban J connectivity index is 1.46. The third-order valence-electron chi connectivity index (χ3n) is 5.97. The molecule has 3 N–H and O–H groups in total. The number of nitrogens with one attached hydrogen (secondary N) is 3. The highest BCUT2D eigenvalue weighted by Gasteiger charge is 2.18. The number of aromatic nitrogens is 6. The number of hydrogen-bond donors (Lipinski definition) is 3. The van der Waals surface area contributed by atoms with Crippen LogP contribution in [-0.2, 0) is 4.79 Å². The van der Waals surface area contributed by atoms with Crippen molar-refractivity contribution in [2.45, 2.75) is 20.3 Å². The maximum Gasteiger partial charge on any atom is 0.224 e. The Morgan fingerprint density at radius 2 is 2.00 bits per heavy atom. The molecule has 1 aromatic carbocycles. The zero-order chi connectivity index (χ0) is 24.8. The second-order valence-corrected chi connectivity index (χ2v) is 9.43. The van der Waals surface area contributed by atoms with Crippen LogP contribution in [-0.4, -0.2) is 36.0 Å². The monoisotopic (exact) mass is 497 g/mol. The van der Waals surface area contributed by atoms with E-state index in [0.717, 1.165) is 50.1 Å². The number of anilines is 1. The number of benzene rings is 1. The lowest BCUT2D eigenvalue weighted by molar-refractivity contribution is -0.115. The summed E-state index contributed by atoms with van der Waals surface area (Å²) in [5.74, 6) is 0.541. The molecule has 0 spiro atoms. The Kier molecular flexibility index (Phi) is 5.30. The number of H-pyrrole nitrogens is 2. The summed E-state index contributed by atoms with van der Waals surface area (Å²) >= 11 is 1.04. The second kappa shape index (κ2) is 8.65. The number of aromatic amines is 2. The van der Waals surface area contributed by atoms with E-state index in [9.17, 15) is 9.18 Å². The van der Waals surface area contributed by atoms with Gasteiger partial charge in [0.1, 0.15) is 16.9 Å². The lowest BCUT2D eigenvalue weighted by Gasteiger charge is -2.08. The zero-order valence-corrected chi connectivity index (χ0v) is 20.2. The van der Waals surface area contributed by atoms with E-state index in [-0.39, 0.29) is 11.0 Å². The molecule has 0 saturated heterocycles. The highest BCUT2D eigenvalue weighted by Crippen LogP contribution is 2.35. The fourth-order valence-electron chi connectivity index (χ4n) is 4.23. The van der Waals surface area contributed by atoms with Crippen molar-refractivity contribution in [3.8, 4) is 33.2 Å². The molecule has 8 nitrogen and oxygen atoms in total. The molecule has 0 unspecified atom stereocenters. The van der Waals surface area contributed by atoms with Crippen molar-refractivity contribution in [3.05, 3.63) is 65.7 Å². The molecule has 0 fully saturated rings. The van der Waals surface area contributed by atoms with Gasteiger partial charge in [0.15, 0.2) is 11.0 Å². The van der Waals surface area contributed by atoms with E-state index < -0.39 is 0 Å². The van der Waals surface area contributed by atoms with Gasteiger partial charge in [-0.3, -0.25) is 19.9 Å². The number of imidazole rings is 1. The van der Waals surface area contributed by atoms with Crippen LogP contribution in [0.25, 0.3) is 55.2 Å². The van der Waals surface area contributed by atoms with Gasteiger partial charge in [-0.25, -0.2) is 4.98 Å². The molecule has 6 aromatic rings. The molecule has 6 rings (SSSR count). The molecule has 36 heavy (non-hydrogen) atoms. The number of amides is 1. The number of carbonyl (C=O) groups excluding carboxylic acids is 1. The fraction of sp³-hybridized carbons (Fsp3) is 0.115. The summed E-state index contributed by atoms with van der Waals surface area (Å²) in [4.78, 5) is 29.5. The van der Waals surface area contributed by atoms with E-state index in [1.807, 2.05) is 31.2 Å². The number of hydrogen-bond acceptors (Lipinski definition) is 6. The minimum absolute atomic E-state index is 0.0678. The van der Waals surface area contributed by atoms with Gasteiger partial charge in [-0.1, -0.05) is 6.92 Å². The molecule has 5 aromatic heterocycles. The molecule has 0 bridgehead atoms. The van der Waals surface area contributed by atoms with Crippen molar-refractivity contribution in [2.75, 3.05) is 5.32 Å². The Morgan fingerprint density at radius 3 is 2.81 bits per heavy atom. The number of thiophene rings is 1. The molecular formula is C26H20FN7OS. The maximum atomic E-state index is 13.7. The van der Waals surface area contributed by atoms with Crippen LogP contribution in [0.5, 0.6) is 0 Å². The van der Waals surface area contributed by atoms with Crippen molar-refractivity contribution in [1.82, 2.24) is 30.1 Å². The maximum absolute atomic E-state index is 13.7. The number of carbonyl (C=O) groups is 1. The second-order valence-electron chi connectivity index (χ2n) is 8.40. The predicted molar refractivity (Wildman–Crippen MR) is 139 cm³/mol. The van der Waals surface area contributed by atoms with E-state index in [4.69, 9.17) is 4.98 Å². The first-order valence-electron chi connectivity index (χ1n) is 11.3. The number of halogens is 1. The molecule has 0 radical (unpaired) electrons. The van der Waals surface area contributed by atoms with Crippen molar-refractivity contribution in [3.63, 3.8) is 0 Å². The van der Waals surface area contributed by atoms with Gasteiger partial charge in [0.05, 0.1) is 27.8 Å². The van der Waals surface area contributed by atoms with Gasteiger partial charge in [0.25, 0.3) is 0 Å². The number of fused-ring (bicyclic) bond motifs is 2. The van der Waals surface area contributed by atoms with E-state index >= 15 is 0 Å². The molecule has 1 amide bonds. The standard InChI is InChI=1S/C26H20FN7OS/c1-3-21(35)30-16-9-15(11-28-12-16)14-8-13(2)22-17(10-14)23(34-33-22)26-31-18-6-7-29-25(24(18)32-26)19-4-5-20(27)36-19/h4-12H,3H2,1-2H3,(H,30,35)(H,31,32)(H,33,34). The van der Waals surface area contributed by atoms with Gasteiger partial charge in [-0.2, -0.15) is 9.49 Å². The summed E-state index contributed by atoms with van der Waals surface area (Å²) in [6, 6.07) is 11.0. The highest BCUT2D eigenvalue weighted by atomic mass is 32.1. The van der Waals surface area contributed by atoms with Crippen LogP contribution in [0.3, 0.4) is 0 Å². The summed E-state index contributed by atoms with van der Waals surface area (Å²) in [7, 11) is 0. The Labute approximate surface area is 208 Å². The summed E-state index contributed by atoms with van der Waals surface area (Å²) in [5, 5.41) is 11.1. The van der Waals surface area contributed by atoms with E-state index in [2.05, 4.69) is 30.5 Å². The highest BCUT2D eigenvalue weighted by molar-refractivity contribution is 7.13. The fourth-order valence-corrected chi connectivity index (χ4v) is 4.96. The topological polar surface area (TPSA) is 112 Å². The summed E-state index contributed by atoms with van der Waals surface area (Å²) in [6.45, 7) is 3.80. The third kappa shape index (κ3) is 3.81. The lowest BCUT2D eigenvalue weighted by Crippen LogP contribution is -2.09. The smallest absolute Gasteiger partial charge is 0.224 e. The van der Waals surface area contributed by atoms with Gasteiger partial charge in [-0.15, -0.1) is 11.3 Å². The molecule has 0 aliphatic rings. The van der Waals surface area contributed by atoms with Gasteiger partial charge >= 0.3 is 0 Å².